The van der Waals surface area contributed by atoms with E-state index in [0.717, 1.165) is 0 Å². The first-order valence-corrected chi connectivity index (χ1v) is 8.45. The maximum atomic E-state index is 11.8. The molecule has 0 bridgehead atoms. The summed E-state index contributed by atoms with van der Waals surface area (Å²) >= 11 is 5.89. The van der Waals surface area contributed by atoms with Crippen LogP contribution in [0.5, 0.6) is 0 Å². The summed E-state index contributed by atoms with van der Waals surface area (Å²) in [6.45, 7) is 0. The molecule has 118 valence electrons. The maximum absolute atomic E-state index is 11.8. The highest BCUT2D eigenvalue weighted by Crippen LogP contribution is 2.18. The normalized spacial score (nSPS) is 23.5. The molecule has 12 heteroatoms. The molecule has 1 aliphatic rings. The van der Waals surface area contributed by atoms with Gasteiger partial charge in [-0.05, 0) is 0 Å². The van der Waals surface area contributed by atoms with Gasteiger partial charge in [0.05, 0.1) is 29.3 Å². The number of aromatic amines is 2. The van der Waals surface area contributed by atoms with Gasteiger partial charge < -0.3 is 10.3 Å². The first kappa shape index (κ1) is 14.8. The number of carbonyl (C=O) groups excluding carboxylic acids is 1. The van der Waals surface area contributed by atoms with Crippen molar-refractivity contribution in [1.82, 2.24) is 25.3 Å². The van der Waals surface area contributed by atoms with Gasteiger partial charge in [0.15, 0.2) is 21.0 Å². The lowest BCUT2D eigenvalue weighted by molar-refractivity contribution is 0.249. The Morgan fingerprint density at radius 1 is 1.41 bits per heavy atom. The number of rotatable bonds is 2. The summed E-state index contributed by atoms with van der Waals surface area (Å²) in [5.41, 5.74) is -0.150. The number of aromatic nitrogens is 4. The van der Waals surface area contributed by atoms with Crippen LogP contribution in [-0.4, -0.2) is 57.3 Å². The van der Waals surface area contributed by atoms with Gasteiger partial charge in [-0.15, -0.1) is 11.6 Å². The van der Waals surface area contributed by atoms with Crippen LogP contribution < -0.4 is 16.2 Å². The lowest BCUT2D eigenvalue weighted by Crippen LogP contribution is -2.43. The smallest absolute Gasteiger partial charge is 0.321 e. The van der Waals surface area contributed by atoms with E-state index >= 15 is 0 Å². The molecule has 0 spiro atoms. The van der Waals surface area contributed by atoms with Crippen molar-refractivity contribution >= 4 is 44.6 Å². The number of halogens is 1. The minimum Gasteiger partial charge on any atom is -0.339 e. The summed E-state index contributed by atoms with van der Waals surface area (Å²) in [5, 5.41) is 4.06. The quantitative estimate of drug-likeness (QED) is 0.521. The van der Waals surface area contributed by atoms with E-state index in [2.05, 4.69) is 30.6 Å². The van der Waals surface area contributed by atoms with Gasteiger partial charge in [-0.1, -0.05) is 0 Å². The van der Waals surface area contributed by atoms with Gasteiger partial charge in [0, 0.05) is 0 Å². The number of imidazole rings is 1. The van der Waals surface area contributed by atoms with Crippen LogP contribution >= 0.6 is 11.6 Å². The molecule has 2 aromatic rings. The second-order valence-electron chi connectivity index (χ2n) is 4.81. The zero-order chi connectivity index (χ0) is 15.9. The molecule has 4 N–H and O–H groups in total. The van der Waals surface area contributed by atoms with Gasteiger partial charge in [0.25, 0.3) is 5.56 Å². The average Bonchev–Trinajstić information content (AvgIpc) is 2.94. The molecule has 0 aliphatic carbocycles. The van der Waals surface area contributed by atoms with Crippen molar-refractivity contribution in [2.24, 2.45) is 0 Å². The predicted octanol–water partition coefficient (Wildman–Crippen LogP) is -0.828. The first-order chi connectivity index (χ1) is 10.3. The fraction of sp³-hybridized carbons (Fsp3) is 0.400. The van der Waals surface area contributed by atoms with E-state index in [0.29, 0.717) is 0 Å². The summed E-state index contributed by atoms with van der Waals surface area (Å²) in [4.78, 5) is 36.3. The summed E-state index contributed by atoms with van der Waals surface area (Å²) in [7, 11) is -3.25. The molecule has 3 rings (SSSR count). The minimum atomic E-state index is -3.25. The second kappa shape index (κ2) is 5.25. The van der Waals surface area contributed by atoms with Crippen molar-refractivity contribution < 1.29 is 13.2 Å². The van der Waals surface area contributed by atoms with E-state index in [4.69, 9.17) is 11.6 Å². The van der Waals surface area contributed by atoms with Crippen LogP contribution in [0.4, 0.5) is 10.7 Å². The number of fused-ring (bicyclic) bond motifs is 1. The van der Waals surface area contributed by atoms with Crippen molar-refractivity contribution in [1.29, 1.82) is 0 Å². The van der Waals surface area contributed by atoms with Crippen molar-refractivity contribution in [2.45, 2.75) is 11.4 Å². The summed E-state index contributed by atoms with van der Waals surface area (Å²) in [5.74, 6) is -0.515. The van der Waals surface area contributed by atoms with Crippen LogP contribution in [0, 0.1) is 0 Å². The first-order valence-electron chi connectivity index (χ1n) is 6.19. The number of nitrogens with zero attached hydrogens (tertiary/aromatic N) is 2. The average molecular weight is 347 g/mol. The fourth-order valence-electron chi connectivity index (χ4n) is 2.15. The monoisotopic (exact) mass is 346 g/mol. The molecule has 1 fully saturated rings. The van der Waals surface area contributed by atoms with Crippen LogP contribution in [0.1, 0.15) is 0 Å². The third-order valence-corrected chi connectivity index (χ3v) is 5.50. The van der Waals surface area contributed by atoms with Crippen molar-refractivity contribution in [2.75, 3.05) is 16.8 Å². The molecular weight excluding hydrogens is 336 g/mol. The number of sulfone groups is 1. The molecule has 0 radical (unpaired) electrons. The van der Waals surface area contributed by atoms with Gasteiger partial charge in [-0.3, -0.25) is 15.1 Å². The Kier molecular flexibility index (Phi) is 3.53. The zero-order valence-electron chi connectivity index (χ0n) is 11.0. The molecule has 3 heterocycles. The highest BCUT2D eigenvalue weighted by Gasteiger charge is 2.37. The number of urea groups is 1. The van der Waals surface area contributed by atoms with Gasteiger partial charge in [0.2, 0.25) is 5.95 Å². The Labute approximate surface area is 128 Å². The SMILES string of the molecule is O=C(Nc1nc2nc[nH]c2c(=O)[nH]1)N[C@H]1CS(=O)(=O)C[C@@H]1Cl. The van der Waals surface area contributed by atoms with E-state index < -0.39 is 32.8 Å². The van der Waals surface area contributed by atoms with Crippen LogP contribution in [0.2, 0.25) is 0 Å². The zero-order valence-corrected chi connectivity index (χ0v) is 12.5. The summed E-state index contributed by atoms with van der Waals surface area (Å²) < 4.78 is 22.8. The van der Waals surface area contributed by atoms with E-state index in [1.807, 2.05) is 0 Å². The van der Waals surface area contributed by atoms with Crippen LogP contribution in [0.25, 0.3) is 11.2 Å². The Morgan fingerprint density at radius 3 is 2.86 bits per heavy atom. The van der Waals surface area contributed by atoms with Crippen LogP contribution in [-0.2, 0) is 9.84 Å². The summed E-state index contributed by atoms with van der Waals surface area (Å²) in [6.07, 6.45) is 1.30. The molecule has 2 atom stereocenters. The standard InChI is InChI=1S/C10H11ClN6O4S/c11-4-1-22(20,21)2-5(4)14-10(19)17-9-15-7-6(8(18)16-9)12-3-13-7/h3-5H,1-2H2,(H4,12,13,14,15,16,17,18,19)/t4-,5-/m0/s1. The number of H-pyrrole nitrogens is 2. The van der Waals surface area contributed by atoms with E-state index in [1.165, 1.54) is 6.33 Å². The molecule has 2 aromatic heterocycles. The van der Waals surface area contributed by atoms with E-state index in [-0.39, 0.29) is 28.6 Å². The molecule has 22 heavy (non-hydrogen) atoms. The number of hydrogen-bond acceptors (Lipinski definition) is 6. The second-order valence-corrected chi connectivity index (χ2v) is 7.53. The minimum absolute atomic E-state index is 0.103. The lowest BCUT2D eigenvalue weighted by Gasteiger charge is -2.14. The molecular formula is C10H11ClN6O4S. The van der Waals surface area contributed by atoms with Crippen molar-refractivity contribution in [3.8, 4) is 0 Å². The Morgan fingerprint density at radius 2 is 2.18 bits per heavy atom. The number of nitrogens with one attached hydrogen (secondary N) is 4. The van der Waals surface area contributed by atoms with Gasteiger partial charge in [-0.2, -0.15) is 4.98 Å². The van der Waals surface area contributed by atoms with Gasteiger partial charge in [0.1, 0.15) is 0 Å². The van der Waals surface area contributed by atoms with Crippen molar-refractivity contribution in [3.63, 3.8) is 0 Å². The molecule has 0 aromatic carbocycles. The number of alkyl halides is 1. The van der Waals surface area contributed by atoms with Crippen LogP contribution in [0.3, 0.4) is 0 Å². The Hall–Kier alpha value is -2.14. The lowest BCUT2D eigenvalue weighted by atomic mass is 10.2. The van der Waals surface area contributed by atoms with Gasteiger partial charge in [-0.25, -0.2) is 18.2 Å². The number of hydrogen-bond donors (Lipinski definition) is 4. The summed E-state index contributed by atoms with van der Waals surface area (Å²) in [6, 6.07) is -1.42. The topological polar surface area (TPSA) is 150 Å². The highest BCUT2D eigenvalue weighted by molar-refractivity contribution is 7.91. The molecule has 2 amide bonds. The number of anilines is 1. The third-order valence-electron chi connectivity index (χ3n) is 3.13. The Bertz CT molecular complexity index is 890. The Balaban J connectivity index is 1.72. The molecule has 0 unspecified atom stereocenters. The third kappa shape index (κ3) is 2.90. The van der Waals surface area contributed by atoms with Crippen molar-refractivity contribution in [3.05, 3.63) is 16.7 Å². The maximum Gasteiger partial charge on any atom is 0.321 e. The molecule has 1 saturated heterocycles. The molecule has 10 nitrogen and oxygen atoms in total. The van der Waals surface area contributed by atoms with Crippen LogP contribution in [0.15, 0.2) is 11.1 Å². The predicted molar refractivity (Wildman–Crippen MR) is 78.7 cm³/mol. The fourth-order valence-corrected chi connectivity index (χ4v) is 4.70. The molecule has 0 saturated carbocycles. The van der Waals surface area contributed by atoms with E-state index in [1.54, 1.807) is 0 Å². The van der Waals surface area contributed by atoms with Gasteiger partial charge >= 0.3 is 6.03 Å². The molecule has 1 aliphatic heterocycles. The highest BCUT2D eigenvalue weighted by atomic mass is 35.5. The number of amides is 2. The van der Waals surface area contributed by atoms with E-state index in [9.17, 15) is 18.0 Å². The number of carbonyl (C=O) groups is 1. The largest absolute Gasteiger partial charge is 0.339 e.